The normalized spacial score (nSPS) is 17.4. The maximum Gasteiger partial charge on any atom is 0.212 e. The van der Waals surface area contributed by atoms with Crippen molar-refractivity contribution in [3.63, 3.8) is 0 Å². The minimum atomic E-state index is 0.0956. The van der Waals surface area contributed by atoms with Gasteiger partial charge in [0.05, 0.1) is 16.1 Å². The second kappa shape index (κ2) is 8.27. The first-order valence-electron chi connectivity index (χ1n) is 9.05. The van der Waals surface area contributed by atoms with Crippen molar-refractivity contribution in [1.29, 1.82) is 5.26 Å². The molecule has 0 radical (unpaired) electrons. The molecule has 0 bridgehead atoms. The topological polar surface area (TPSA) is 96.2 Å². The Morgan fingerprint density at radius 1 is 1.41 bits per heavy atom. The molecule has 148 valence electrons. The highest BCUT2D eigenvalue weighted by Gasteiger charge is 2.28. The van der Waals surface area contributed by atoms with Crippen LogP contribution in [0.4, 0.5) is 11.5 Å². The number of rotatable bonds is 2. The van der Waals surface area contributed by atoms with Gasteiger partial charge in [0.15, 0.2) is 6.19 Å². The number of aromatic nitrogens is 3. The van der Waals surface area contributed by atoms with Gasteiger partial charge in [0, 0.05) is 36.3 Å². The molecule has 4 rings (SSSR count). The first-order valence-corrected chi connectivity index (χ1v) is 10.2. The fourth-order valence-electron chi connectivity index (χ4n) is 3.50. The molecule has 1 atom stereocenters. The van der Waals surface area contributed by atoms with E-state index in [4.69, 9.17) is 11.6 Å². The molecule has 29 heavy (non-hydrogen) atoms. The summed E-state index contributed by atoms with van der Waals surface area (Å²) in [6.45, 7) is 4.19. The number of piperazine rings is 1. The van der Waals surface area contributed by atoms with Crippen LogP contribution in [-0.4, -0.2) is 51.5 Å². The van der Waals surface area contributed by atoms with E-state index in [1.54, 1.807) is 12.5 Å². The number of H-pyrrole nitrogens is 1. The van der Waals surface area contributed by atoms with E-state index in [-0.39, 0.29) is 6.04 Å². The second-order valence-corrected chi connectivity index (χ2v) is 8.02. The van der Waals surface area contributed by atoms with Gasteiger partial charge in [0.1, 0.15) is 17.8 Å². The zero-order valence-electron chi connectivity index (χ0n) is 15.6. The number of aromatic amines is 1. The van der Waals surface area contributed by atoms with E-state index in [2.05, 4.69) is 57.9 Å². The number of nitrogens with zero attached hydrogens (tertiary/aromatic N) is 6. The van der Waals surface area contributed by atoms with E-state index in [0.717, 1.165) is 27.0 Å². The van der Waals surface area contributed by atoms with Gasteiger partial charge in [-0.05, 0) is 25.1 Å². The Bertz CT molecular complexity index is 1110. The Morgan fingerprint density at radius 2 is 2.28 bits per heavy atom. The van der Waals surface area contributed by atoms with Crippen LogP contribution in [0.1, 0.15) is 6.92 Å². The molecule has 10 heteroatoms. The van der Waals surface area contributed by atoms with Gasteiger partial charge in [-0.1, -0.05) is 33.6 Å². The van der Waals surface area contributed by atoms with E-state index in [1.165, 1.54) is 0 Å². The third kappa shape index (κ3) is 3.99. The standard InChI is InChI=1S/C19H18BrClN8/c1-12-9-28(18-16-15(21)8-23-17(16)25-11-26-18)5-6-29(12)19(24-10-22)27-14-4-2-3-13(20)7-14/h2-4,7-8,11-12H,5-6,9H2,1H3,(H,24,27)(H,23,25,26)/t12-/m0/s1. The smallest absolute Gasteiger partial charge is 0.212 e. The number of hydrogen-bond acceptors (Lipinski definition) is 5. The molecule has 3 aromatic rings. The van der Waals surface area contributed by atoms with Crippen molar-refractivity contribution >= 4 is 56.0 Å². The molecule has 1 aliphatic rings. The van der Waals surface area contributed by atoms with Crippen LogP contribution < -0.4 is 10.2 Å². The average Bonchev–Trinajstić information content (AvgIpc) is 3.09. The van der Waals surface area contributed by atoms with Crippen molar-refractivity contribution in [1.82, 2.24) is 25.2 Å². The van der Waals surface area contributed by atoms with Crippen LogP contribution in [0.25, 0.3) is 11.0 Å². The Balaban J connectivity index is 1.59. The average molecular weight is 474 g/mol. The predicted molar refractivity (Wildman–Crippen MR) is 117 cm³/mol. The zero-order valence-corrected chi connectivity index (χ0v) is 17.9. The molecular weight excluding hydrogens is 456 g/mol. The quantitative estimate of drug-likeness (QED) is 0.255. The highest BCUT2D eigenvalue weighted by atomic mass is 79.9. The number of nitrogens with one attached hydrogen (secondary N) is 2. The molecule has 0 aliphatic carbocycles. The fourth-order valence-corrected chi connectivity index (χ4v) is 4.11. The number of anilines is 1. The molecule has 1 aromatic carbocycles. The van der Waals surface area contributed by atoms with Crippen LogP contribution in [0.5, 0.6) is 0 Å². The highest BCUT2D eigenvalue weighted by Crippen LogP contribution is 2.31. The fraction of sp³-hybridized carbons (Fsp3) is 0.263. The third-order valence-electron chi connectivity index (χ3n) is 4.81. The second-order valence-electron chi connectivity index (χ2n) is 6.70. The Kier molecular flexibility index (Phi) is 5.56. The zero-order chi connectivity index (χ0) is 20.4. The molecule has 0 saturated carbocycles. The van der Waals surface area contributed by atoms with E-state index in [1.807, 2.05) is 30.5 Å². The lowest BCUT2D eigenvalue weighted by Crippen LogP contribution is -2.56. The molecule has 2 N–H and O–H groups in total. The minimum absolute atomic E-state index is 0.0956. The summed E-state index contributed by atoms with van der Waals surface area (Å²) >= 11 is 9.79. The summed E-state index contributed by atoms with van der Waals surface area (Å²) in [7, 11) is 0. The van der Waals surface area contributed by atoms with Gasteiger partial charge in [-0.2, -0.15) is 5.26 Å². The van der Waals surface area contributed by atoms with Crippen molar-refractivity contribution in [3.05, 3.63) is 46.3 Å². The maximum atomic E-state index is 9.22. The maximum absolute atomic E-state index is 9.22. The van der Waals surface area contributed by atoms with Crippen LogP contribution in [-0.2, 0) is 0 Å². The molecule has 1 fully saturated rings. The Morgan fingerprint density at radius 3 is 3.03 bits per heavy atom. The van der Waals surface area contributed by atoms with Crippen LogP contribution in [0.3, 0.4) is 0 Å². The third-order valence-corrected chi connectivity index (χ3v) is 5.60. The lowest BCUT2D eigenvalue weighted by atomic mass is 10.2. The molecule has 0 spiro atoms. The van der Waals surface area contributed by atoms with Crippen molar-refractivity contribution in [2.45, 2.75) is 13.0 Å². The molecule has 1 aliphatic heterocycles. The summed E-state index contributed by atoms with van der Waals surface area (Å²) in [5, 5.41) is 13.4. The van der Waals surface area contributed by atoms with Crippen LogP contribution in [0.15, 0.2) is 46.3 Å². The van der Waals surface area contributed by atoms with E-state index < -0.39 is 0 Å². The summed E-state index contributed by atoms with van der Waals surface area (Å²) in [4.78, 5) is 20.7. The number of nitriles is 1. The van der Waals surface area contributed by atoms with E-state index in [9.17, 15) is 5.26 Å². The van der Waals surface area contributed by atoms with E-state index >= 15 is 0 Å². The SMILES string of the molecule is C[C@H]1CN(c2ncnc3[nH]cc(Cl)c23)CCN1C(=Nc1cccc(Br)c1)NC#N. The first-order chi connectivity index (χ1) is 14.1. The lowest BCUT2D eigenvalue weighted by Gasteiger charge is -2.41. The van der Waals surface area contributed by atoms with Crippen molar-refractivity contribution in [2.75, 3.05) is 24.5 Å². The van der Waals surface area contributed by atoms with Gasteiger partial charge in [-0.3, -0.25) is 5.32 Å². The van der Waals surface area contributed by atoms with Gasteiger partial charge >= 0.3 is 0 Å². The summed E-state index contributed by atoms with van der Waals surface area (Å²) in [5.74, 6) is 1.34. The Labute approximate surface area is 181 Å². The number of guanidine groups is 1. The highest BCUT2D eigenvalue weighted by molar-refractivity contribution is 9.10. The molecule has 1 saturated heterocycles. The first kappa shape index (κ1) is 19.5. The Hall–Kier alpha value is -2.83. The lowest BCUT2D eigenvalue weighted by molar-refractivity contribution is 0.291. The van der Waals surface area contributed by atoms with E-state index in [0.29, 0.717) is 30.6 Å². The van der Waals surface area contributed by atoms with Gasteiger partial charge < -0.3 is 14.8 Å². The van der Waals surface area contributed by atoms with Crippen molar-refractivity contribution < 1.29 is 0 Å². The monoisotopic (exact) mass is 472 g/mol. The van der Waals surface area contributed by atoms with Crippen molar-refractivity contribution in [3.8, 4) is 6.19 Å². The van der Waals surface area contributed by atoms with Gasteiger partial charge in [-0.15, -0.1) is 0 Å². The van der Waals surface area contributed by atoms with Crippen molar-refractivity contribution in [2.24, 2.45) is 4.99 Å². The molecule has 2 aromatic heterocycles. The molecular formula is C19H18BrClN8. The van der Waals surface area contributed by atoms with Crippen LogP contribution >= 0.6 is 27.5 Å². The van der Waals surface area contributed by atoms with Crippen LogP contribution in [0, 0.1) is 11.5 Å². The number of fused-ring (bicyclic) bond motifs is 1. The molecule has 3 heterocycles. The summed E-state index contributed by atoms with van der Waals surface area (Å²) in [6.07, 6.45) is 5.27. The molecule has 8 nitrogen and oxygen atoms in total. The molecule has 0 amide bonds. The summed E-state index contributed by atoms with van der Waals surface area (Å²) in [5.41, 5.74) is 1.49. The number of halogens is 2. The van der Waals surface area contributed by atoms with Gasteiger partial charge in [-0.25, -0.2) is 15.0 Å². The molecule has 0 unspecified atom stereocenters. The van der Waals surface area contributed by atoms with Gasteiger partial charge in [0.25, 0.3) is 0 Å². The largest absolute Gasteiger partial charge is 0.352 e. The van der Waals surface area contributed by atoms with Crippen LogP contribution in [0.2, 0.25) is 5.02 Å². The minimum Gasteiger partial charge on any atom is -0.352 e. The number of hydrogen-bond donors (Lipinski definition) is 2. The summed E-state index contributed by atoms with van der Waals surface area (Å²) in [6, 6.07) is 7.75. The number of benzene rings is 1. The summed E-state index contributed by atoms with van der Waals surface area (Å²) < 4.78 is 0.934. The number of aliphatic imine (C=N–C) groups is 1. The van der Waals surface area contributed by atoms with Gasteiger partial charge in [0.2, 0.25) is 5.96 Å². The predicted octanol–water partition coefficient (Wildman–Crippen LogP) is 3.64.